The van der Waals surface area contributed by atoms with Crippen molar-refractivity contribution < 1.29 is 28.2 Å². The number of sulfonamides is 1. The number of carboxylic acids is 2. The zero-order valence-electron chi connectivity index (χ0n) is 13.1. The van der Waals surface area contributed by atoms with Crippen molar-refractivity contribution in [2.75, 3.05) is 4.72 Å². The molecule has 0 bridgehead atoms. The second kappa shape index (κ2) is 7.18. The van der Waals surface area contributed by atoms with Gasteiger partial charge in [0.2, 0.25) is 0 Å². The maximum absolute atomic E-state index is 12.6. The summed E-state index contributed by atoms with van der Waals surface area (Å²) in [4.78, 5) is 21.7. The van der Waals surface area contributed by atoms with Crippen molar-refractivity contribution in [2.24, 2.45) is 0 Å². The second-order valence-corrected chi connectivity index (χ2v) is 6.80. The first-order chi connectivity index (χ1) is 11.7. The minimum atomic E-state index is -4.06. The van der Waals surface area contributed by atoms with E-state index in [0.717, 1.165) is 6.08 Å². The zero-order valence-corrected chi connectivity index (χ0v) is 13.9. The number of aryl methyl sites for hydroxylation is 1. The Morgan fingerprint density at radius 3 is 2.40 bits per heavy atom. The summed E-state index contributed by atoms with van der Waals surface area (Å²) < 4.78 is 27.6. The van der Waals surface area contributed by atoms with Crippen LogP contribution in [-0.4, -0.2) is 30.6 Å². The summed E-state index contributed by atoms with van der Waals surface area (Å²) in [5, 5.41) is 17.8. The van der Waals surface area contributed by atoms with Crippen molar-refractivity contribution in [1.29, 1.82) is 0 Å². The molecule has 0 saturated carbocycles. The van der Waals surface area contributed by atoms with Crippen molar-refractivity contribution in [2.45, 2.75) is 11.8 Å². The van der Waals surface area contributed by atoms with Crippen LogP contribution in [0.1, 0.15) is 21.5 Å². The van der Waals surface area contributed by atoms with Gasteiger partial charge in [-0.2, -0.15) is 0 Å². The second-order valence-electron chi connectivity index (χ2n) is 5.15. The highest BCUT2D eigenvalue weighted by Gasteiger charge is 2.20. The highest BCUT2D eigenvalue weighted by molar-refractivity contribution is 7.92. The summed E-state index contributed by atoms with van der Waals surface area (Å²) in [6.45, 7) is 1.59. The van der Waals surface area contributed by atoms with Gasteiger partial charge in [0.25, 0.3) is 10.0 Å². The molecule has 0 fully saturated rings. The van der Waals surface area contributed by atoms with Gasteiger partial charge in [0.05, 0.1) is 16.1 Å². The zero-order chi connectivity index (χ0) is 18.6. The van der Waals surface area contributed by atoms with E-state index in [-0.39, 0.29) is 16.1 Å². The molecular weight excluding hydrogens is 346 g/mol. The van der Waals surface area contributed by atoms with Crippen molar-refractivity contribution in [3.05, 3.63) is 65.2 Å². The molecule has 0 radical (unpaired) electrons. The van der Waals surface area contributed by atoms with E-state index in [1.54, 1.807) is 19.1 Å². The summed E-state index contributed by atoms with van der Waals surface area (Å²) in [5.74, 6) is -2.41. The third-order valence-electron chi connectivity index (χ3n) is 3.32. The van der Waals surface area contributed by atoms with E-state index in [1.165, 1.54) is 36.4 Å². The number of aliphatic carboxylic acids is 1. The maximum Gasteiger partial charge on any atom is 0.337 e. The average Bonchev–Trinajstić information content (AvgIpc) is 2.53. The van der Waals surface area contributed by atoms with Crippen LogP contribution in [0.2, 0.25) is 0 Å². The molecule has 3 N–H and O–H groups in total. The van der Waals surface area contributed by atoms with E-state index >= 15 is 0 Å². The Balaban J connectivity index is 2.45. The Morgan fingerprint density at radius 1 is 1.08 bits per heavy atom. The number of rotatable bonds is 6. The monoisotopic (exact) mass is 361 g/mol. The number of benzene rings is 2. The molecule has 7 nitrogen and oxygen atoms in total. The van der Waals surface area contributed by atoms with Crippen molar-refractivity contribution in [3.63, 3.8) is 0 Å². The minimum absolute atomic E-state index is 0.0547. The molecule has 0 saturated heterocycles. The van der Waals surface area contributed by atoms with E-state index in [9.17, 15) is 18.0 Å². The van der Waals surface area contributed by atoms with Gasteiger partial charge >= 0.3 is 11.9 Å². The van der Waals surface area contributed by atoms with E-state index < -0.39 is 22.0 Å². The van der Waals surface area contributed by atoms with Crippen molar-refractivity contribution in [1.82, 2.24) is 0 Å². The third kappa shape index (κ3) is 4.45. The van der Waals surface area contributed by atoms with Crippen LogP contribution >= 0.6 is 0 Å². The Kier molecular flexibility index (Phi) is 5.23. The number of hydrogen-bond donors (Lipinski definition) is 3. The number of aromatic carboxylic acids is 1. The molecule has 2 aromatic rings. The van der Waals surface area contributed by atoms with E-state index in [4.69, 9.17) is 10.2 Å². The highest BCUT2D eigenvalue weighted by Crippen LogP contribution is 2.23. The lowest BCUT2D eigenvalue weighted by molar-refractivity contribution is -0.131. The van der Waals surface area contributed by atoms with Crippen LogP contribution in [0, 0.1) is 6.92 Å². The molecular formula is C17H15NO6S. The van der Waals surface area contributed by atoms with Gasteiger partial charge in [0.15, 0.2) is 0 Å². The molecule has 0 amide bonds. The molecule has 25 heavy (non-hydrogen) atoms. The van der Waals surface area contributed by atoms with Gasteiger partial charge in [-0.25, -0.2) is 18.0 Å². The largest absolute Gasteiger partial charge is 0.478 e. The summed E-state index contributed by atoms with van der Waals surface area (Å²) >= 11 is 0. The van der Waals surface area contributed by atoms with Crippen LogP contribution in [0.3, 0.4) is 0 Å². The van der Waals surface area contributed by atoms with Crippen LogP contribution in [-0.2, 0) is 14.8 Å². The quantitative estimate of drug-likeness (QED) is 0.680. The van der Waals surface area contributed by atoms with Crippen LogP contribution in [0.15, 0.2) is 53.4 Å². The maximum atomic E-state index is 12.6. The van der Waals surface area contributed by atoms with Gasteiger partial charge in [-0.1, -0.05) is 24.3 Å². The predicted molar refractivity (Wildman–Crippen MR) is 92.1 cm³/mol. The molecule has 0 aliphatic rings. The molecule has 0 heterocycles. The number of carbonyl (C=O) groups is 2. The third-order valence-corrected chi connectivity index (χ3v) is 4.83. The van der Waals surface area contributed by atoms with Crippen molar-refractivity contribution >= 4 is 33.7 Å². The van der Waals surface area contributed by atoms with E-state index in [1.807, 2.05) is 0 Å². The fraction of sp³-hybridized carbons (Fsp3) is 0.0588. The number of nitrogens with one attached hydrogen (secondary N) is 1. The first kappa shape index (κ1) is 18.2. The molecule has 2 aromatic carbocycles. The van der Waals surface area contributed by atoms with Gasteiger partial charge in [-0.3, -0.25) is 4.72 Å². The lowest BCUT2D eigenvalue weighted by Crippen LogP contribution is -2.16. The number of carboxylic acid groups (broad SMARTS) is 2. The van der Waals surface area contributed by atoms with Crippen LogP contribution in [0.5, 0.6) is 0 Å². The Labute approximate surface area is 144 Å². The van der Waals surface area contributed by atoms with E-state index in [2.05, 4.69) is 4.72 Å². The topological polar surface area (TPSA) is 121 Å². The first-order valence-electron chi connectivity index (χ1n) is 7.07. The lowest BCUT2D eigenvalue weighted by Gasteiger charge is -2.13. The molecule has 0 spiro atoms. The van der Waals surface area contributed by atoms with E-state index in [0.29, 0.717) is 11.1 Å². The number of anilines is 1. The molecule has 8 heteroatoms. The summed E-state index contributed by atoms with van der Waals surface area (Å²) in [6, 6.07) is 10.1. The van der Waals surface area contributed by atoms with Crippen molar-refractivity contribution in [3.8, 4) is 0 Å². The highest BCUT2D eigenvalue weighted by atomic mass is 32.2. The first-order valence-corrected chi connectivity index (χ1v) is 8.56. The SMILES string of the molecule is Cc1ccc(/C=C/C(=O)O)cc1S(=O)(=O)Nc1ccccc1C(=O)O. The van der Waals surface area contributed by atoms with Gasteiger partial charge in [0, 0.05) is 6.08 Å². The van der Waals surface area contributed by atoms with Crippen LogP contribution < -0.4 is 4.72 Å². The number of hydrogen-bond acceptors (Lipinski definition) is 4. The summed E-state index contributed by atoms with van der Waals surface area (Å²) in [5.41, 5.74) is 0.596. The molecule has 0 aliphatic heterocycles. The molecule has 0 aliphatic carbocycles. The lowest BCUT2D eigenvalue weighted by atomic mass is 10.1. The normalized spacial score (nSPS) is 11.4. The Morgan fingerprint density at radius 2 is 1.76 bits per heavy atom. The smallest absolute Gasteiger partial charge is 0.337 e. The fourth-order valence-corrected chi connectivity index (χ4v) is 3.50. The summed E-state index contributed by atoms with van der Waals surface area (Å²) in [7, 11) is -4.06. The molecule has 130 valence electrons. The minimum Gasteiger partial charge on any atom is -0.478 e. The fourth-order valence-electron chi connectivity index (χ4n) is 2.14. The molecule has 0 atom stereocenters. The predicted octanol–water partition coefficient (Wildman–Crippen LogP) is 2.59. The standard InChI is InChI=1S/C17H15NO6S/c1-11-6-7-12(8-9-16(19)20)10-15(11)25(23,24)18-14-5-3-2-4-13(14)17(21)22/h2-10,18H,1H3,(H,19,20)(H,21,22)/b9-8+. The Bertz CT molecular complexity index is 963. The molecule has 0 unspecified atom stereocenters. The van der Waals surface area contributed by atoms with Gasteiger partial charge in [-0.05, 0) is 42.3 Å². The van der Waals surface area contributed by atoms with Crippen LogP contribution in [0.25, 0.3) is 6.08 Å². The number of para-hydroxylation sites is 1. The van der Waals surface area contributed by atoms with Crippen LogP contribution in [0.4, 0.5) is 5.69 Å². The Hall–Kier alpha value is -3.13. The molecule has 0 aromatic heterocycles. The van der Waals surface area contributed by atoms with Gasteiger partial charge < -0.3 is 10.2 Å². The average molecular weight is 361 g/mol. The van der Waals surface area contributed by atoms with Gasteiger partial charge in [0.1, 0.15) is 0 Å². The van der Waals surface area contributed by atoms with Gasteiger partial charge in [-0.15, -0.1) is 0 Å². The summed E-state index contributed by atoms with van der Waals surface area (Å²) in [6.07, 6.45) is 2.17. The molecule has 2 rings (SSSR count).